The van der Waals surface area contributed by atoms with Gasteiger partial charge in [-0.15, -0.1) is 0 Å². The number of amides is 1. The number of benzene rings is 4. The van der Waals surface area contributed by atoms with Gasteiger partial charge in [-0.25, -0.2) is 8.42 Å². The van der Waals surface area contributed by atoms with E-state index in [4.69, 9.17) is 4.74 Å². The molecular weight excluding hydrogens is 546 g/mol. The molecule has 3 aliphatic rings. The molecule has 42 heavy (non-hydrogen) atoms. The van der Waals surface area contributed by atoms with E-state index in [1.807, 2.05) is 12.1 Å². The van der Waals surface area contributed by atoms with Crippen molar-refractivity contribution < 1.29 is 17.9 Å². The highest BCUT2D eigenvalue weighted by Crippen LogP contribution is 2.63. The van der Waals surface area contributed by atoms with Crippen molar-refractivity contribution >= 4 is 33.0 Å². The average molecular weight is 580 g/mol. The van der Waals surface area contributed by atoms with Crippen LogP contribution in [0.5, 0.6) is 5.75 Å². The van der Waals surface area contributed by atoms with Gasteiger partial charge in [0.2, 0.25) is 0 Å². The number of nitrogens with one attached hydrogen (secondary N) is 3. The Hall–Kier alpha value is -4.30. The van der Waals surface area contributed by atoms with Crippen LogP contribution in [0.2, 0.25) is 0 Å². The molecular formula is C34H33N3O4S. The minimum Gasteiger partial charge on any atom is -0.497 e. The van der Waals surface area contributed by atoms with E-state index in [1.54, 1.807) is 43.5 Å². The number of hydrogen-bond acceptors (Lipinski definition) is 5. The maximum atomic E-state index is 13.3. The van der Waals surface area contributed by atoms with Crippen molar-refractivity contribution in [3.05, 3.63) is 114 Å². The van der Waals surface area contributed by atoms with E-state index in [0.29, 0.717) is 46.4 Å². The molecule has 2 bridgehead atoms. The molecule has 0 saturated heterocycles. The number of sulfonamides is 1. The van der Waals surface area contributed by atoms with E-state index < -0.39 is 10.0 Å². The van der Waals surface area contributed by atoms with Crippen molar-refractivity contribution in [2.24, 2.45) is 17.8 Å². The van der Waals surface area contributed by atoms with Crippen LogP contribution in [0.4, 0.5) is 17.1 Å². The Morgan fingerprint density at radius 1 is 0.857 bits per heavy atom. The van der Waals surface area contributed by atoms with Gasteiger partial charge in [-0.1, -0.05) is 30.3 Å². The molecule has 0 unspecified atom stereocenters. The van der Waals surface area contributed by atoms with Crippen LogP contribution in [0.3, 0.4) is 0 Å². The van der Waals surface area contributed by atoms with Crippen LogP contribution in [0.15, 0.2) is 102 Å². The van der Waals surface area contributed by atoms with Gasteiger partial charge < -0.3 is 15.4 Å². The second-order valence-corrected chi connectivity index (χ2v) is 13.3. The summed E-state index contributed by atoms with van der Waals surface area (Å²) < 4.78 is 33.4. The van der Waals surface area contributed by atoms with Crippen LogP contribution in [-0.2, 0) is 10.0 Å². The average Bonchev–Trinajstić information content (AvgIpc) is 3.65. The first-order valence-corrected chi connectivity index (χ1v) is 15.9. The molecule has 0 radical (unpaired) electrons. The normalized spacial score (nSPS) is 23.8. The third kappa shape index (κ3) is 4.79. The maximum Gasteiger partial charge on any atom is 0.261 e. The van der Waals surface area contributed by atoms with Gasteiger partial charge in [0.25, 0.3) is 15.9 Å². The monoisotopic (exact) mass is 579 g/mol. The Morgan fingerprint density at radius 2 is 1.57 bits per heavy atom. The lowest BCUT2D eigenvalue weighted by molar-refractivity contribution is 0.102. The van der Waals surface area contributed by atoms with Crippen molar-refractivity contribution in [2.75, 3.05) is 22.5 Å². The summed E-state index contributed by atoms with van der Waals surface area (Å²) >= 11 is 0. The molecule has 0 spiro atoms. The standard InChI is InChI=1S/C34H33N3O4S/c1-41-27-14-10-26(11-15-27)37-42(39,40)28-16-12-25(13-17-28)35-34(38)24-9-18-30-29(20-24)31-22-7-8-23(19-22)32(31)33(36-30)21-5-3-2-4-6-21/h2-6,9-18,20,22-23,31-33,36-37H,7-8,19H2,1H3,(H,35,38)/t22-,23-,31-,32+,33+/m0/s1. The number of anilines is 3. The topological polar surface area (TPSA) is 96.5 Å². The highest BCUT2D eigenvalue weighted by Gasteiger charge is 2.53. The molecule has 7 rings (SSSR count). The molecule has 1 amide bonds. The van der Waals surface area contributed by atoms with Crippen LogP contribution >= 0.6 is 0 Å². The first-order valence-electron chi connectivity index (χ1n) is 14.4. The van der Waals surface area contributed by atoms with Crippen LogP contribution in [0.1, 0.15) is 52.7 Å². The van der Waals surface area contributed by atoms with Gasteiger partial charge >= 0.3 is 0 Å². The zero-order valence-corrected chi connectivity index (χ0v) is 24.1. The predicted molar refractivity (Wildman–Crippen MR) is 165 cm³/mol. The van der Waals surface area contributed by atoms with Gasteiger partial charge in [0.05, 0.1) is 18.0 Å². The van der Waals surface area contributed by atoms with Gasteiger partial charge in [0.15, 0.2) is 0 Å². The first kappa shape index (κ1) is 26.6. The van der Waals surface area contributed by atoms with Gasteiger partial charge in [0.1, 0.15) is 5.75 Å². The molecule has 1 heterocycles. The molecule has 2 saturated carbocycles. The van der Waals surface area contributed by atoms with Crippen molar-refractivity contribution in [2.45, 2.75) is 36.1 Å². The second-order valence-electron chi connectivity index (χ2n) is 11.6. The Bertz CT molecular complexity index is 1720. The molecule has 5 atom stereocenters. The first-order chi connectivity index (χ1) is 20.4. The van der Waals surface area contributed by atoms with Gasteiger partial charge in [-0.2, -0.15) is 0 Å². The summed E-state index contributed by atoms with van der Waals surface area (Å²) in [4.78, 5) is 13.4. The molecule has 214 valence electrons. The number of methoxy groups -OCH3 is 1. The fourth-order valence-electron chi connectivity index (χ4n) is 7.41. The summed E-state index contributed by atoms with van der Waals surface area (Å²) in [5.74, 6) is 2.76. The number of ether oxygens (including phenoxy) is 1. The molecule has 4 aromatic rings. The third-order valence-corrected chi connectivity index (χ3v) is 10.7. The molecule has 3 N–H and O–H groups in total. The number of hydrogen-bond donors (Lipinski definition) is 3. The summed E-state index contributed by atoms with van der Waals surface area (Å²) in [6, 6.07) is 29.8. The zero-order valence-electron chi connectivity index (χ0n) is 23.3. The summed E-state index contributed by atoms with van der Waals surface area (Å²) in [5, 5.41) is 6.77. The Labute approximate surface area is 246 Å². The van der Waals surface area contributed by atoms with Crippen LogP contribution in [0, 0.1) is 17.8 Å². The molecule has 8 heteroatoms. The van der Waals surface area contributed by atoms with Gasteiger partial charge in [-0.3, -0.25) is 9.52 Å². The fraction of sp³-hybridized carbons (Fsp3) is 0.265. The largest absolute Gasteiger partial charge is 0.497 e. The molecule has 7 nitrogen and oxygen atoms in total. The quantitative estimate of drug-likeness (QED) is 0.218. The van der Waals surface area contributed by atoms with E-state index in [2.05, 4.69) is 51.8 Å². The van der Waals surface area contributed by atoms with Crippen LogP contribution < -0.4 is 20.1 Å². The Balaban J connectivity index is 1.08. The highest BCUT2D eigenvalue weighted by molar-refractivity contribution is 7.92. The Morgan fingerprint density at radius 3 is 2.31 bits per heavy atom. The van der Waals surface area contributed by atoms with Crippen molar-refractivity contribution in [3.8, 4) is 5.75 Å². The summed E-state index contributed by atoms with van der Waals surface area (Å²) in [6.45, 7) is 0. The lowest BCUT2D eigenvalue weighted by Crippen LogP contribution is -2.35. The van der Waals surface area contributed by atoms with Crippen molar-refractivity contribution in [1.82, 2.24) is 0 Å². The lowest BCUT2D eigenvalue weighted by atomic mass is 9.68. The summed E-state index contributed by atoms with van der Waals surface area (Å²) in [7, 11) is -2.24. The summed E-state index contributed by atoms with van der Waals surface area (Å²) in [6.07, 6.45) is 3.80. The minimum absolute atomic E-state index is 0.103. The van der Waals surface area contributed by atoms with Gasteiger partial charge in [-0.05, 0) is 121 Å². The van der Waals surface area contributed by atoms with E-state index in [9.17, 15) is 13.2 Å². The predicted octanol–water partition coefficient (Wildman–Crippen LogP) is 7.04. The molecule has 2 aliphatic carbocycles. The fourth-order valence-corrected chi connectivity index (χ4v) is 8.47. The molecule has 1 aliphatic heterocycles. The third-order valence-electron chi connectivity index (χ3n) is 9.27. The lowest BCUT2D eigenvalue weighted by Gasteiger charge is -2.43. The minimum atomic E-state index is -3.79. The van der Waals surface area contributed by atoms with Crippen LogP contribution in [0.25, 0.3) is 0 Å². The van der Waals surface area contributed by atoms with Gasteiger partial charge in [0, 0.05) is 22.6 Å². The molecule has 4 aromatic carbocycles. The van der Waals surface area contributed by atoms with E-state index in [-0.39, 0.29) is 16.8 Å². The smallest absolute Gasteiger partial charge is 0.261 e. The van der Waals surface area contributed by atoms with E-state index >= 15 is 0 Å². The highest BCUT2D eigenvalue weighted by atomic mass is 32.2. The SMILES string of the molecule is COc1ccc(NS(=O)(=O)c2ccc(NC(=O)c3ccc4c(c3)[C@@H]3[C@H]5CC[C@@H](C5)[C@H]3[C@@H](c3ccccc3)N4)cc2)cc1. The molecule has 2 fully saturated rings. The van der Waals surface area contributed by atoms with E-state index in [1.165, 1.54) is 42.5 Å². The maximum absolute atomic E-state index is 13.3. The zero-order chi connectivity index (χ0) is 28.8. The second kappa shape index (κ2) is 10.5. The Kier molecular flexibility index (Phi) is 6.66. The molecule has 0 aromatic heterocycles. The van der Waals surface area contributed by atoms with Crippen LogP contribution in [-0.4, -0.2) is 21.4 Å². The number of rotatable bonds is 7. The number of fused-ring (bicyclic) bond motifs is 7. The number of carbonyl (C=O) groups excluding carboxylic acids is 1. The van der Waals surface area contributed by atoms with Crippen molar-refractivity contribution in [1.29, 1.82) is 0 Å². The van der Waals surface area contributed by atoms with Crippen molar-refractivity contribution in [3.63, 3.8) is 0 Å². The van der Waals surface area contributed by atoms with E-state index in [0.717, 1.165) is 5.69 Å². The number of carbonyl (C=O) groups is 1. The summed E-state index contributed by atoms with van der Waals surface area (Å²) in [5.41, 5.74) is 5.26.